The maximum absolute atomic E-state index is 6.23. The summed E-state index contributed by atoms with van der Waals surface area (Å²) < 4.78 is 1.99. The molecular weight excluding hydrogens is 222 g/mol. The summed E-state index contributed by atoms with van der Waals surface area (Å²) >= 11 is 6.23. The van der Waals surface area contributed by atoms with Gasteiger partial charge in [0.15, 0.2) is 0 Å². The third kappa shape index (κ3) is 2.77. The second kappa shape index (κ2) is 4.76. The van der Waals surface area contributed by atoms with Crippen molar-refractivity contribution in [2.45, 2.75) is 58.5 Å². The maximum atomic E-state index is 6.23. The van der Waals surface area contributed by atoms with Crippen molar-refractivity contribution >= 4 is 11.6 Å². The predicted octanol–water partition coefficient (Wildman–Crippen LogP) is 3.13. The van der Waals surface area contributed by atoms with Gasteiger partial charge >= 0.3 is 0 Å². The Kier molecular flexibility index (Phi) is 4.02. The topological polar surface area (TPSA) is 43.8 Å². The van der Waals surface area contributed by atoms with Crippen molar-refractivity contribution in [1.82, 2.24) is 9.78 Å². The minimum atomic E-state index is -0.0496. The Bertz CT molecular complexity index is 353. The number of hydrogen-bond donors (Lipinski definition) is 1. The van der Waals surface area contributed by atoms with Crippen LogP contribution in [-0.4, -0.2) is 15.8 Å². The highest BCUT2D eigenvalue weighted by atomic mass is 35.5. The van der Waals surface area contributed by atoms with Crippen molar-refractivity contribution in [2.75, 3.05) is 0 Å². The van der Waals surface area contributed by atoms with Crippen LogP contribution in [0, 0.1) is 0 Å². The van der Waals surface area contributed by atoms with Crippen molar-refractivity contribution in [1.29, 1.82) is 0 Å². The monoisotopic (exact) mass is 243 g/mol. The van der Waals surface area contributed by atoms with Crippen molar-refractivity contribution in [3.05, 3.63) is 16.9 Å². The molecule has 0 saturated carbocycles. The fourth-order valence-corrected chi connectivity index (χ4v) is 2.65. The van der Waals surface area contributed by atoms with Gasteiger partial charge in [0.2, 0.25) is 0 Å². The predicted molar refractivity (Wildman–Crippen MR) is 68.9 cm³/mol. The molecule has 0 fully saturated rings. The van der Waals surface area contributed by atoms with E-state index in [2.05, 4.69) is 32.8 Å². The summed E-state index contributed by atoms with van der Waals surface area (Å²) in [6.45, 7) is 10.6. The van der Waals surface area contributed by atoms with E-state index in [1.165, 1.54) is 0 Å². The second-order valence-electron chi connectivity index (χ2n) is 5.44. The lowest BCUT2D eigenvalue weighted by Crippen LogP contribution is -2.31. The van der Waals surface area contributed by atoms with Gasteiger partial charge in [0.05, 0.1) is 16.9 Å². The first-order chi connectivity index (χ1) is 7.25. The van der Waals surface area contributed by atoms with Gasteiger partial charge in [0.1, 0.15) is 0 Å². The smallest absolute Gasteiger partial charge is 0.0823 e. The first-order valence-electron chi connectivity index (χ1n) is 5.74. The van der Waals surface area contributed by atoms with Gasteiger partial charge in [-0.3, -0.25) is 4.68 Å². The number of hydrogen-bond acceptors (Lipinski definition) is 2. The van der Waals surface area contributed by atoms with E-state index in [1.807, 2.05) is 11.6 Å². The molecule has 0 aliphatic carbocycles. The summed E-state index contributed by atoms with van der Waals surface area (Å²) in [5.41, 5.74) is 6.92. The van der Waals surface area contributed by atoms with Crippen molar-refractivity contribution in [3.63, 3.8) is 0 Å². The Hall–Kier alpha value is -0.540. The average molecular weight is 244 g/mol. The van der Waals surface area contributed by atoms with E-state index in [4.69, 9.17) is 17.3 Å². The second-order valence-corrected chi connectivity index (χ2v) is 5.85. The van der Waals surface area contributed by atoms with Gasteiger partial charge in [-0.1, -0.05) is 25.4 Å². The van der Waals surface area contributed by atoms with Crippen molar-refractivity contribution in [3.8, 4) is 0 Å². The summed E-state index contributed by atoms with van der Waals surface area (Å²) in [5, 5.41) is 5.07. The lowest BCUT2D eigenvalue weighted by atomic mass is 9.82. The first-order valence-corrected chi connectivity index (χ1v) is 6.12. The quantitative estimate of drug-likeness (QED) is 0.883. The van der Waals surface area contributed by atoms with E-state index in [9.17, 15) is 0 Å². The van der Waals surface area contributed by atoms with Gasteiger partial charge in [-0.05, 0) is 27.2 Å². The molecule has 0 aliphatic heterocycles. The van der Waals surface area contributed by atoms with E-state index in [-0.39, 0.29) is 11.5 Å². The van der Waals surface area contributed by atoms with Crippen molar-refractivity contribution < 1.29 is 0 Å². The van der Waals surface area contributed by atoms with Crippen LogP contribution in [0.4, 0.5) is 0 Å². The van der Waals surface area contributed by atoms with Crippen LogP contribution in [0.15, 0.2) is 6.20 Å². The minimum absolute atomic E-state index is 0.0496. The molecule has 1 aromatic rings. The number of nitrogens with zero attached hydrogens (tertiary/aromatic N) is 2. The summed E-state index contributed by atoms with van der Waals surface area (Å²) in [6, 6.07) is 0.469. The van der Waals surface area contributed by atoms with Gasteiger partial charge < -0.3 is 5.73 Å². The number of rotatable bonds is 4. The molecule has 1 rings (SSSR count). The van der Waals surface area contributed by atoms with Crippen LogP contribution in [-0.2, 0) is 5.41 Å². The molecule has 0 aliphatic rings. The van der Waals surface area contributed by atoms with Gasteiger partial charge in [-0.25, -0.2) is 0 Å². The van der Waals surface area contributed by atoms with E-state index < -0.39 is 0 Å². The highest BCUT2D eigenvalue weighted by Crippen LogP contribution is 2.34. The normalized spacial score (nSPS) is 14.5. The largest absolute Gasteiger partial charge is 0.328 e. The van der Waals surface area contributed by atoms with Gasteiger partial charge in [-0.2, -0.15) is 5.10 Å². The zero-order valence-corrected chi connectivity index (χ0v) is 11.5. The number of nitrogens with two attached hydrogens (primary N) is 1. The van der Waals surface area contributed by atoms with Crippen LogP contribution < -0.4 is 5.73 Å². The minimum Gasteiger partial charge on any atom is -0.328 e. The summed E-state index contributed by atoms with van der Waals surface area (Å²) in [5.74, 6) is 0. The Morgan fingerprint density at radius 3 is 2.44 bits per heavy atom. The fraction of sp³-hybridized carbons (Fsp3) is 0.750. The summed E-state index contributed by atoms with van der Waals surface area (Å²) in [6.07, 6.45) is 2.62. The first kappa shape index (κ1) is 13.5. The molecule has 0 saturated heterocycles. The Balaban J connectivity index is 3.15. The standard InChI is InChI=1S/C12H22ClN3/c1-8(2)16-11(10(13)7-15-16)12(4,5)6-9(3)14/h7-9H,6,14H2,1-5H3. The molecule has 1 atom stereocenters. The third-order valence-electron chi connectivity index (χ3n) is 2.71. The zero-order chi connectivity index (χ0) is 12.5. The molecule has 0 aromatic carbocycles. The number of halogens is 1. The molecule has 0 spiro atoms. The molecule has 0 radical (unpaired) electrons. The molecule has 3 nitrogen and oxygen atoms in total. The molecule has 1 heterocycles. The third-order valence-corrected chi connectivity index (χ3v) is 2.99. The highest BCUT2D eigenvalue weighted by molar-refractivity contribution is 6.31. The molecule has 4 heteroatoms. The molecule has 0 bridgehead atoms. The van der Waals surface area contributed by atoms with E-state index in [1.54, 1.807) is 6.20 Å². The molecule has 16 heavy (non-hydrogen) atoms. The van der Waals surface area contributed by atoms with E-state index in [0.717, 1.165) is 17.1 Å². The Morgan fingerprint density at radius 1 is 1.44 bits per heavy atom. The van der Waals surface area contributed by atoms with Crippen LogP contribution in [0.3, 0.4) is 0 Å². The van der Waals surface area contributed by atoms with Crippen LogP contribution >= 0.6 is 11.6 Å². The molecule has 2 N–H and O–H groups in total. The lowest BCUT2D eigenvalue weighted by molar-refractivity contribution is 0.381. The average Bonchev–Trinajstić information content (AvgIpc) is 2.44. The Labute approximate surface area is 103 Å². The van der Waals surface area contributed by atoms with Crippen LogP contribution in [0.5, 0.6) is 0 Å². The zero-order valence-electron chi connectivity index (χ0n) is 10.8. The van der Waals surface area contributed by atoms with Gasteiger partial charge in [0.25, 0.3) is 0 Å². The molecular formula is C12H22ClN3. The summed E-state index contributed by atoms with van der Waals surface area (Å²) in [4.78, 5) is 0. The van der Waals surface area contributed by atoms with Gasteiger partial charge in [-0.15, -0.1) is 0 Å². The van der Waals surface area contributed by atoms with Crippen LogP contribution in [0.25, 0.3) is 0 Å². The highest BCUT2D eigenvalue weighted by Gasteiger charge is 2.29. The molecule has 92 valence electrons. The fourth-order valence-electron chi connectivity index (χ4n) is 2.27. The molecule has 1 unspecified atom stereocenters. The maximum Gasteiger partial charge on any atom is 0.0823 e. The number of aromatic nitrogens is 2. The molecule has 1 aromatic heterocycles. The lowest BCUT2D eigenvalue weighted by Gasteiger charge is -2.29. The SMILES string of the molecule is CC(N)CC(C)(C)c1c(Cl)cnn1C(C)C. The van der Waals surface area contributed by atoms with Crippen LogP contribution in [0.1, 0.15) is 52.8 Å². The van der Waals surface area contributed by atoms with Crippen molar-refractivity contribution in [2.24, 2.45) is 5.73 Å². The summed E-state index contributed by atoms with van der Waals surface area (Å²) in [7, 11) is 0. The Morgan fingerprint density at radius 2 is 2.00 bits per heavy atom. The van der Waals surface area contributed by atoms with Gasteiger partial charge in [0, 0.05) is 17.5 Å². The van der Waals surface area contributed by atoms with E-state index >= 15 is 0 Å². The molecule has 0 amide bonds. The van der Waals surface area contributed by atoms with Crippen LogP contribution in [0.2, 0.25) is 5.02 Å². The van der Waals surface area contributed by atoms with E-state index in [0.29, 0.717) is 6.04 Å².